The lowest BCUT2D eigenvalue weighted by atomic mass is 10.2. The summed E-state index contributed by atoms with van der Waals surface area (Å²) >= 11 is 0. The standard InChI is InChI=1S/C9H10N2O/c1-6-5-7-8(11(6)10)3-2-4-9(7)12/h2-5,12H,10H2,1H3. The Kier molecular flexibility index (Phi) is 1.27. The van der Waals surface area contributed by atoms with Crippen LogP contribution in [0.1, 0.15) is 5.69 Å². The number of phenols is 1. The van der Waals surface area contributed by atoms with Gasteiger partial charge in [0, 0.05) is 11.1 Å². The Bertz CT molecular complexity index is 431. The zero-order valence-corrected chi connectivity index (χ0v) is 6.78. The van der Waals surface area contributed by atoms with Crippen LogP contribution in [0.5, 0.6) is 5.75 Å². The van der Waals surface area contributed by atoms with Gasteiger partial charge in [-0.25, -0.2) is 0 Å². The van der Waals surface area contributed by atoms with E-state index in [2.05, 4.69) is 0 Å². The highest BCUT2D eigenvalue weighted by molar-refractivity contribution is 5.87. The Hall–Kier alpha value is -1.64. The Morgan fingerprint density at radius 3 is 2.83 bits per heavy atom. The molecule has 0 saturated heterocycles. The van der Waals surface area contributed by atoms with Gasteiger partial charge in [-0.15, -0.1) is 0 Å². The van der Waals surface area contributed by atoms with Crippen LogP contribution in [0.4, 0.5) is 0 Å². The third-order valence-electron chi connectivity index (χ3n) is 2.05. The summed E-state index contributed by atoms with van der Waals surface area (Å²) in [7, 11) is 0. The monoisotopic (exact) mass is 162 g/mol. The SMILES string of the molecule is Cc1cc2c(O)cccc2n1N. The van der Waals surface area contributed by atoms with Crippen LogP contribution in [0.2, 0.25) is 0 Å². The second-order valence-corrected chi connectivity index (χ2v) is 2.87. The normalized spacial score (nSPS) is 10.8. The number of nitrogen functional groups attached to an aromatic ring is 1. The summed E-state index contributed by atoms with van der Waals surface area (Å²) in [4.78, 5) is 0. The highest BCUT2D eigenvalue weighted by Gasteiger charge is 2.04. The molecule has 0 unspecified atom stereocenters. The summed E-state index contributed by atoms with van der Waals surface area (Å²) in [6, 6.07) is 7.18. The number of rotatable bonds is 0. The molecule has 3 heteroatoms. The van der Waals surface area contributed by atoms with Crippen molar-refractivity contribution in [2.45, 2.75) is 6.92 Å². The summed E-state index contributed by atoms with van der Waals surface area (Å²) in [5, 5.41) is 10.2. The van der Waals surface area contributed by atoms with Gasteiger partial charge in [0.2, 0.25) is 0 Å². The summed E-state index contributed by atoms with van der Waals surface area (Å²) < 4.78 is 1.56. The minimum atomic E-state index is 0.278. The molecule has 3 nitrogen and oxygen atoms in total. The third-order valence-corrected chi connectivity index (χ3v) is 2.05. The Balaban J connectivity index is 2.95. The first kappa shape index (κ1) is 7.03. The smallest absolute Gasteiger partial charge is 0.125 e. The first-order valence-electron chi connectivity index (χ1n) is 3.75. The van der Waals surface area contributed by atoms with Crippen LogP contribution in [0.15, 0.2) is 24.3 Å². The number of hydrogen-bond donors (Lipinski definition) is 2. The number of nitrogens with zero attached hydrogens (tertiary/aromatic N) is 1. The van der Waals surface area contributed by atoms with Gasteiger partial charge in [-0.1, -0.05) is 6.07 Å². The highest BCUT2D eigenvalue weighted by Crippen LogP contribution is 2.25. The van der Waals surface area contributed by atoms with Crippen molar-refractivity contribution in [2.75, 3.05) is 5.84 Å². The van der Waals surface area contributed by atoms with Crippen molar-refractivity contribution < 1.29 is 5.11 Å². The minimum Gasteiger partial charge on any atom is -0.507 e. The Morgan fingerprint density at radius 2 is 2.17 bits per heavy atom. The fourth-order valence-electron chi connectivity index (χ4n) is 1.37. The molecule has 0 radical (unpaired) electrons. The van der Waals surface area contributed by atoms with Gasteiger partial charge in [-0.05, 0) is 25.1 Å². The molecule has 2 rings (SSSR count). The van der Waals surface area contributed by atoms with Crippen LogP contribution >= 0.6 is 0 Å². The molecule has 1 aromatic carbocycles. The lowest BCUT2D eigenvalue weighted by Gasteiger charge is -1.98. The van der Waals surface area contributed by atoms with E-state index >= 15 is 0 Å². The number of nitrogens with two attached hydrogens (primary N) is 1. The van der Waals surface area contributed by atoms with Crippen LogP contribution in [0, 0.1) is 6.92 Å². The van der Waals surface area contributed by atoms with Crippen molar-refractivity contribution in [1.29, 1.82) is 0 Å². The fraction of sp³-hybridized carbons (Fsp3) is 0.111. The molecule has 62 valence electrons. The van der Waals surface area contributed by atoms with E-state index in [0.29, 0.717) is 0 Å². The summed E-state index contributed by atoms with van der Waals surface area (Å²) in [6.45, 7) is 1.90. The van der Waals surface area contributed by atoms with E-state index in [0.717, 1.165) is 16.6 Å². The molecule has 0 aliphatic heterocycles. The molecule has 12 heavy (non-hydrogen) atoms. The van der Waals surface area contributed by atoms with Gasteiger partial charge in [0.25, 0.3) is 0 Å². The summed E-state index contributed by atoms with van der Waals surface area (Å²) in [5.74, 6) is 5.99. The van der Waals surface area contributed by atoms with Crippen molar-refractivity contribution in [3.8, 4) is 5.75 Å². The van der Waals surface area contributed by atoms with Crippen LogP contribution in [0.3, 0.4) is 0 Å². The van der Waals surface area contributed by atoms with Gasteiger partial charge in [-0.3, -0.25) is 4.68 Å². The van der Waals surface area contributed by atoms with Crippen LogP contribution in [-0.2, 0) is 0 Å². The van der Waals surface area contributed by atoms with E-state index in [1.54, 1.807) is 16.8 Å². The zero-order valence-electron chi connectivity index (χ0n) is 6.78. The van der Waals surface area contributed by atoms with Crippen molar-refractivity contribution in [1.82, 2.24) is 4.68 Å². The quantitative estimate of drug-likeness (QED) is 0.575. The van der Waals surface area contributed by atoms with Crippen molar-refractivity contribution in [2.24, 2.45) is 0 Å². The van der Waals surface area contributed by atoms with Crippen molar-refractivity contribution in [3.63, 3.8) is 0 Å². The number of aromatic nitrogens is 1. The molecule has 0 aliphatic carbocycles. The molecule has 0 atom stereocenters. The van der Waals surface area contributed by atoms with Crippen LogP contribution < -0.4 is 5.84 Å². The maximum absolute atomic E-state index is 9.44. The zero-order chi connectivity index (χ0) is 8.72. The van der Waals surface area contributed by atoms with E-state index in [9.17, 15) is 5.11 Å². The second kappa shape index (κ2) is 2.17. The average Bonchev–Trinajstić information content (AvgIpc) is 2.32. The summed E-state index contributed by atoms with van der Waals surface area (Å²) in [5.41, 5.74) is 1.79. The number of benzene rings is 1. The molecular formula is C9H10N2O. The maximum atomic E-state index is 9.44. The molecule has 1 aromatic heterocycles. The molecule has 0 bridgehead atoms. The van der Waals surface area contributed by atoms with E-state index in [4.69, 9.17) is 5.84 Å². The number of hydrogen-bond acceptors (Lipinski definition) is 2. The highest BCUT2D eigenvalue weighted by atomic mass is 16.3. The molecule has 0 saturated carbocycles. The van der Waals surface area contributed by atoms with Gasteiger partial charge in [0.1, 0.15) is 5.75 Å². The van der Waals surface area contributed by atoms with Crippen LogP contribution in [-0.4, -0.2) is 9.78 Å². The lowest BCUT2D eigenvalue weighted by Crippen LogP contribution is -2.08. The van der Waals surface area contributed by atoms with E-state index < -0.39 is 0 Å². The second-order valence-electron chi connectivity index (χ2n) is 2.87. The minimum absolute atomic E-state index is 0.278. The first-order chi connectivity index (χ1) is 5.70. The largest absolute Gasteiger partial charge is 0.507 e. The third kappa shape index (κ3) is 0.763. The average molecular weight is 162 g/mol. The number of aromatic hydroxyl groups is 1. The first-order valence-corrected chi connectivity index (χ1v) is 3.75. The number of phenolic OH excluding ortho intramolecular Hbond substituents is 1. The van der Waals surface area contributed by atoms with Gasteiger partial charge in [0.15, 0.2) is 0 Å². The molecule has 0 spiro atoms. The van der Waals surface area contributed by atoms with Crippen molar-refractivity contribution in [3.05, 3.63) is 30.0 Å². The van der Waals surface area contributed by atoms with Gasteiger partial charge in [0.05, 0.1) is 5.52 Å². The maximum Gasteiger partial charge on any atom is 0.125 e. The predicted octanol–water partition coefficient (Wildman–Crippen LogP) is 1.37. The molecular weight excluding hydrogens is 152 g/mol. The van der Waals surface area contributed by atoms with Crippen LogP contribution in [0.25, 0.3) is 10.9 Å². The fourth-order valence-corrected chi connectivity index (χ4v) is 1.37. The Morgan fingerprint density at radius 1 is 1.42 bits per heavy atom. The van der Waals surface area contributed by atoms with Gasteiger partial charge < -0.3 is 10.9 Å². The number of aryl methyl sites for hydroxylation is 1. The molecule has 0 aliphatic rings. The number of fused-ring (bicyclic) bond motifs is 1. The van der Waals surface area contributed by atoms with Gasteiger partial charge >= 0.3 is 0 Å². The van der Waals surface area contributed by atoms with E-state index in [1.807, 2.05) is 19.1 Å². The predicted molar refractivity (Wildman–Crippen MR) is 48.5 cm³/mol. The van der Waals surface area contributed by atoms with E-state index in [1.165, 1.54) is 0 Å². The molecule has 3 N–H and O–H groups in total. The lowest BCUT2D eigenvalue weighted by molar-refractivity contribution is 0.481. The van der Waals surface area contributed by atoms with Gasteiger partial charge in [-0.2, -0.15) is 0 Å². The molecule has 1 heterocycles. The summed E-state index contributed by atoms with van der Waals surface area (Å²) in [6.07, 6.45) is 0. The van der Waals surface area contributed by atoms with E-state index in [-0.39, 0.29) is 5.75 Å². The topological polar surface area (TPSA) is 51.2 Å². The molecule has 0 fully saturated rings. The molecule has 0 amide bonds. The Labute approximate surface area is 70.0 Å². The van der Waals surface area contributed by atoms with Crippen molar-refractivity contribution >= 4 is 10.9 Å². The molecule has 2 aromatic rings.